The van der Waals surface area contributed by atoms with E-state index in [0.29, 0.717) is 19.2 Å². The average Bonchev–Trinajstić information content (AvgIpc) is 3.29. The zero-order valence-electron chi connectivity index (χ0n) is 14.4. The summed E-state index contributed by atoms with van der Waals surface area (Å²) < 4.78 is 11.1. The fourth-order valence-corrected chi connectivity index (χ4v) is 3.65. The van der Waals surface area contributed by atoms with Crippen LogP contribution in [0.3, 0.4) is 0 Å². The van der Waals surface area contributed by atoms with E-state index >= 15 is 0 Å². The lowest BCUT2D eigenvalue weighted by molar-refractivity contribution is -0.120. The van der Waals surface area contributed by atoms with E-state index in [1.165, 1.54) is 11.3 Å². The Morgan fingerprint density at radius 2 is 2.04 bits per heavy atom. The van der Waals surface area contributed by atoms with Gasteiger partial charge in [-0.15, -0.1) is 11.3 Å². The van der Waals surface area contributed by atoms with Gasteiger partial charge >= 0.3 is 0 Å². The molecule has 0 atom stereocenters. The van der Waals surface area contributed by atoms with E-state index in [4.69, 9.17) is 9.47 Å². The average molecular weight is 357 g/mol. The molecule has 1 aromatic carbocycles. The van der Waals surface area contributed by atoms with E-state index in [2.05, 4.69) is 19.1 Å². The summed E-state index contributed by atoms with van der Waals surface area (Å²) in [7, 11) is 0. The fourth-order valence-electron chi connectivity index (χ4n) is 2.97. The molecule has 1 saturated heterocycles. The molecule has 25 heavy (non-hydrogen) atoms. The van der Waals surface area contributed by atoms with Gasteiger partial charge in [0.05, 0.1) is 24.7 Å². The first-order valence-corrected chi connectivity index (χ1v) is 9.65. The Bertz CT molecular complexity index is 718. The standard InChI is InChI=1S/C20H23NO3S/c1-20(12-23-13-20)14-24-17-8-4-15(5-9-17)11-21(16-6-7-16)19(22)18-3-2-10-25-18/h2-5,8-10,16H,6-7,11-14H2,1H3. The Labute approximate surface area is 152 Å². The molecular formula is C20H23NO3S. The molecule has 1 aliphatic heterocycles. The van der Waals surface area contributed by atoms with Crippen LogP contribution in [0.1, 0.15) is 35.0 Å². The normalized spacial score (nSPS) is 18.4. The minimum absolute atomic E-state index is 0.147. The van der Waals surface area contributed by atoms with Crippen LogP contribution >= 0.6 is 11.3 Å². The number of amides is 1. The van der Waals surface area contributed by atoms with E-state index < -0.39 is 0 Å². The topological polar surface area (TPSA) is 38.8 Å². The number of hydrogen-bond acceptors (Lipinski definition) is 4. The molecule has 0 radical (unpaired) electrons. The largest absolute Gasteiger partial charge is 0.493 e. The molecule has 2 aliphatic rings. The van der Waals surface area contributed by atoms with Gasteiger partial charge in [-0.2, -0.15) is 0 Å². The lowest BCUT2D eigenvalue weighted by Gasteiger charge is -2.37. The van der Waals surface area contributed by atoms with Gasteiger partial charge in [0.25, 0.3) is 5.91 Å². The maximum absolute atomic E-state index is 12.7. The molecule has 1 aromatic heterocycles. The minimum atomic E-state index is 0.147. The second-order valence-electron chi connectivity index (χ2n) is 7.38. The summed E-state index contributed by atoms with van der Waals surface area (Å²) in [4.78, 5) is 15.5. The van der Waals surface area contributed by atoms with Gasteiger partial charge in [-0.05, 0) is 42.0 Å². The van der Waals surface area contributed by atoms with Crippen molar-refractivity contribution in [1.29, 1.82) is 0 Å². The monoisotopic (exact) mass is 357 g/mol. The van der Waals surface area contributed by atoms with Gasteiger partial charge in [0.15, 0.2) is 0 Å². The molecule has 0 bridgehead atoms. The highest BCUT2D eigenvalue weighted by Gasteiger charge is 2.34. The molecule has 2 heterocycles. The van der Waals surface area contributed by atoms with Crippen LogP contribution in [0.5, 0.6) is 5.75 Å². The Balaban J connectivity index is 1.38. The van der Waals surface area contributed by atoms with Crippen molar-refractivity contribution in [2.45, 2.75) is 32.4 Å². The van der Waals surface area contributed by atoms with Crippen molar-refractivity contribution in [3.8, 4) is 5.75 Å². The number of nitrogens with zero attached hydrogens (tertiary/aromatic N) is 1. The number of rotatable bonds is 7. The van der Waals surface area contributed by atoms with Gasteiger partial charge < -0.3 is 14.4 Å². The Morgan fingerprint density at radius 3 is 2.60 bits per heavy atom. The van der Waals surface area contributed by atoms with Crippen molar-refractivity contribution in [2.24, 2.45) is 5.41 Å². The molecule has 0 unspecified atom stereocenters. The summed E-state index contributed by atoms with van der Waals surface area (Å²) >= 11 is 1.51. The Kier molecular flexibility index (Phi) is 4.52. The van der Waals surface area contributed by atoms with Gasteiger partial charge in [0, 0.05) is 18.0 Å². The second kappa shape index (κ2) is 6.81. The molecule has 0 spiro atoms. The molecule has 4 rings (SSSR count). The molecular weight excluding hydrogens is 334 g/mol. The van der Waals surface area contributed by atoms with Crippen molar-refractivity contribution in [3.63, 3.8) is 0 Å². The van der Waals surface area contributed by atoms with Crippen LogP contribution in [-0.4, -0.2) is 36.7 Å². The first-order chi connectivity index (χ1) is 12.1. The highest BCUT2D eigenvalue weighted by molar-refractivity contribution is 7.12. The molecule has 1 aliphatic carbocycles. The van der Waals surface area contributed by atoms with Crippen LogP contribution in [0.4, 0.5) is 0 Å². The summed E-state index contributed by atoms with van der Waals surface area (Å²) in [5, 5.41) is 1.96. The molecule has 4 nitrogen and oxygen atoms in total. The van der Waals surface area contributed by atoms with Crippen molar-refractivity contribution in [2.75, 3.05) is 19.8 Å². The van der Waals surface area contributed by atoms with Crippen LogP contribution in [0, 0.1) is 5.41 Å². The maximum atomic E-state index is 12.7. The van der Waals surface area contributed by atoms with Crippen molar-refractivity contribution < 1.29 is 14.3 Å². The first-order valence-electron chi connectivity index (χ1n) is 8.77. The number of carbonyl (C=O) groups is 1. The highest BCUT2D eigenvalue weighted by Crippen LogP contribution is 2.31. The quantitative estimate of drug-likeness (QED) is 0.753. The summed E-state index contributed by atoms with van der Waals surface area (Å²) in [5.41, 5.74) is 1.29. The van der Waals surface area contributed by atoms with Crippen LogP contribution in [0.25, 0.3) is 0 Å². The lowest BCUT2D eigenvalue weighted by atomic mass is 9.90. The predicted molar refractivity (Wildman–Crippen MR) is 98.1 cm³/mol. The molecule has 5 heteroatoms. The molecule has 2 fully saturated rings. The zero-order valence-corrected chi connectivity index (χ0v) is 15.3. The summed E-state index contributed by atoms with van der Waals surface area (Å²) in [6.45, 7) is 5.05. The summed E-state index contributed by atoms with van der Waals surface area (Å²) in [5.74, 6) is 1.02. The fraction of sp³-hybridized carbons (Fsp3) is 0.450. The SMILES string of the molecule is CC1(COc2ccc(CN(C(=O)c3cccs3)C3CC3)cc2)COC1. The van der Waals surface area contributed by atoms with E-state index in [-0.39, 0.29) is 11.3 Å². The Hall–Kier alpha value is -1.85. The van der Waals surface area contributed by atoms with E-state index in [1.807, 2.05) is 34.5 Å². The molecule has 132 valence electrons. The summed E-state index contributed by atoms with van der Waals surface area (Å²) in [6, 6.07) is 12.4. The molecule has 1 amide bonds. The molecule has 0 N–H and O–H groups in total. The van der Waals surface area contributed by atoms with Gasteiger partial charge in [-0.25, -0.2) is 0 Å². The zero-order chi connectivity index (χ0) is 17.3. The van der Waals surface area contributed by atoms with E-state index in [1.54, 1.807) is 0 Å². The van der Waals surface area contributed by atoms with E-state index in [0.717, 1.165) is 42.2 Å². The number of benzene rings is 1. The smallest absolute Gasteiger partial charge is 0.264 e. The minimum Gasteiger partial charge on any atom is -0.493 e. The van der Waals surface area contributed by atoms with Crippen molar-refractivity contribution in [3.05, 3.63) is 52.2 Å². The lowest BCUT2D eigenvalue weighted by Crippen LogP contribution is -2.44. The van der Waals surface area contributed by atoms with Crippen molar-refractivity contribution >= 4 is 17.2 Å². The van der Waals surface area contributed by atoms with Gasteiger partial charge in [-0.1, -0.05) is 25.1 Å². The van der Waals surface area contributed by atoms with Crippen LogP contribution in [-0.2, 0) is 11.3 Å². The van der Waals surface area contributed by atoms with Crippen LogP contribution in [0.2, 0.25) is 0 Å². The third-order valence-electron chi connectivity index (χ3n) is 4.75. The molecule has 1 saturated carbocycles. The third-order valence-corrected chi connectivity index (χ3v) is 5.60. The number of thiophene rings is 1. The van der Waals surface area contributed by atoms with Crippen molar-refractivity contribution in [1.82, 2.24) is 4.90 Å². The number of hydrogen-bond donors (Lipinski definition) is 0. The van der Waals surface area contributed by atoms with Crippen LogP contribution < -0.4 is 4.74 Å². The Morgan fingerprint density at radius 1 is 1.28 bits per heavy atom. The number of ether oxygens (including phenoxy) is 2. The summed E-state index contributed by atoms with van der Waals surface area (Å²) in [6.07, 6.45) is 2.22. The van der Waals surface area contributed by atoms with Crippen LogP contribution in [0.15, 0.2) is 41.8 Å². The molecule has 2 aromatic rings. The second-order valence-corrected chi connectivity index (χ2v) is 8.33. The first kappa shape index (κ1) is 16.6. The highest BCUT2D eigenvalue weighted by atomic mass is 32.1. The van der Waals surface area contributed by atoms with Gasteiger partial charge in [0.2, 0.25) is 0 Å². The van der Waals surface area contributed by atoms with E-state index in [9.17, 15) is 4.79 Å². The van der Waals surface area contributed by atoms with Gasteiger partial charge in [0.1, 0.15) is 5.75 Å². The van der Waals surface area contributed by atoms with Gasteiger partial charge in [-0.3, -0.25) is 4.79 Å². The predicted octanol–water partition coefficient (Wildman–Crippen LogP) is 3.97. The maximum Gasteiger partial charge on any atom is 0.264 e. The number of carbonyl (C=O) groups excluding carboxylic acids is 1. The third kappa shape index (κ3) is 3.88.